The van der Waals surface area contributed by atoms with E-state index in [4.69, 9.17) is 0 Å². The second-order valence-electron chi connectivity index (χ2n) is 5.84. The van der Waals surface area contributed by atoms with Gasteiger partial charge in [0.25, 0.3) is 0 Å². The monoisotopic (exact) mass is 222 g/mol. The highest BCUT2D eigenvalue weighted by molar-refractivity contribution is 5.34. The van der Waals surface area contributed by atoms with E-state index in [0.29, 0.717) is 6.54 Å². The van der Waals surface area contributed by atoms with Gasteiger partial charge in [0, 0.05) is 0 Å². The van der Waals surface area contributed by atoms with Gasteiger partial charge in [0.1, 0.15) is 0 Å². The van der Waals surface area contributed by atoms with Gasteiger partial charge in [0.15, 0.2) is 0 Å². The summed E-state index contributed by atoms with van der Waals surface area (Å²) in [6, 6.07) is 0.00750. The SMILES string of the molecule is CC1(C)CC(N=C=O)C[C@@](C)(CN=C=O)C1. The van der Waals surface area contributed by atoms with Crippen molar-refractivity contribution in [3.8, 4) is 0 Å². The Morgan fingerprint density at radius 2 is 1.88 bits per heavy atom. The molecule has 1 aliphatic rings. The molecular weight excluding hydrogens is 204 g/mol. The third-order valence-electron chi connectivity index (χ3n) is 3.18. The van der Waals surface area contributed by atoms with Gasteiger partial charge < -0.3 is 0 Å². The van der Waals surface area contributed by atoms with Crippen molar-refractivity contribution in [3.05, 3.63) is 0 Å². The fourth-order valence-corrected chi connectivity index (χ4v) is 3.09. The molecule has 0 aromatic heterocycles. The van der Waals surface area contributed by atoms with Crippen molar-refractivity contribution >= 4 is 12.2 Å². The maximum absolute atomic E-state index is 10.3. The Hall–Kier alpha value is -1.24. The van der Waals surface area contributed by atoms with Crippen molar-refractivity contribution in [1.82, 2.24) is 0 Å². The van der Waals surface area contributed by atoms with E-state index in [0.717, 1.165) is 19.3 Å². The smallest absolute Gasteiger partial charge is 0.211 e. The molecule has 4 heteroatoms. The first-order chi connectivity index (χ1) is 7.41. The quantitative estimate of drug-likeness (QED) is 0.543. The van der Waals surface area contributed by atoms with Crippen LogP contribution in [0.15, 0.2) is 9.98 Å². The third-order valence-corrected chi connectivity index (χ3v) is 3.18. The number of aliphatic imine (C=N–C) groups is 2. The molecular formula is C12H18N2O2. The van der Waals surface area contributed by atoms with Gasteiger partial charge in [-0.3, -0.25) is 0 Å². The third kappa shape index (κ3) is 3.41. The normalized spacial score (nSPS) is 32.3. The van der Waals surface area contributed by atoms with Crippen molar-refractivity contribution < 1.29 is 9.59 Å². The molecule has 4 nitrogen and oxygen atoms in total. The molecule has 0 amide bonds. The van der Waals surface area contributed by atoms with E-state index in [-0.39, 0.29) is 16.9 Å². The Kier molecular flexibility index (Phi) is 3.79. The molecule has 0 aliphatic heterocycles. The summed E-state index contributed by atoms with van der Waals surface area (Å²) in [6.07, 6.45) is 5.88. The first-order valence-corrected chi connectivity index (χ1v) is 5.51. The largest absolute Gasteiger partial charge is 0.235 e. The predicted molar refractivity (Wildman–Crippen MR) is 60.6 cm³/mol. The maximum Gasteiger partial charge on any atom is 0.235 e. The molecule has 0 aromatic carbocycles. The first kappa shape index (κ1) is 12.8. The predicted octanol–water partition coefficient (Wildman–Crippen LogP) is 2.24. The van der Waals surface area contributed by atoms with E-state index in [1.165, 1.54) is 0 Å². The highest BCUT2D eigenvalue weighted by Gasteiger charge is 2.41. The summed E-state index contributed by atoms with van der Waals surface area (Å²) in [4.78, 5) is 28.0. The maximum atomic E-state index is 10.3. The van der Waals surface area contributed by atoms with Crippen LogP contribution in [-0.2, 0) is 9.59 Å². The lowest BCUT2D eigenvalue weighted by molar-refractivity contribution is 0.0915. The summed E-state index contributed by atoms with van der Waals surface area (Å²) in [6.45, 7) is 6.86. The van der Waals surface area contributed by atoms with E-state index in [9.17, 15) is 9.59 Å². The van der Waals surface area contributed by atoms with Gasteiger partial charge in [0.2, 0.25) is 12.2 Å². The molecule has 0 bridgehead atoms. The summed E-state index contributed by atoms with van der Waals surface area (Å²) in [5, 5.41) is 0. The second-order valence-corrected chi connectivity index (χ2v) is 5.84. The molecule has 88 valence electrons. The molecule has 1 saturated carbocycles. The van der Waals surface area contributed by atoms with Crippen molar-refractivity contribution in [2.45, 2.75) is 46.1 Å². The number of hydrogen-bond donors (Lipinski definition) is 0. The molecule has 2 atom stereocenters. The summed E-state index contributed by atoms with van der Waals surface area (Å²) in [7, 11) is 0. The van der Waals surface area contributed by atoms with Crippen LogP contribution in [0.4, 0.5) is 0 Å². The highest BCUT2D eigenvalue weighted by atomic mass is 16.1. The average molecular weight is 222 g/mol. The molecule has 0 spiro atoms. The van der Waals surface area contributed by atoms with Crippen LogP contribution < -0.4 is 0 Å². The van der Waals surface area contributed by atoms with Crippen LogP contribution in [0.2, 0.25) is 0 Å². The van der Waals surface area contributed by atoms with Crippen molar-refractivity contribution in [2.75, 3.05) is 6.54 Å². The fraction of sp³-hybridized carbons (Fsp3) is 0.833. The fourth-order valence-electron chi connectivity index (χ4n) is 3.09. The number of isocyanates is 2. The van der Waals surface area contributed by atoms with Crippen LogP contribution in [0.5, 0.6) is 0 Å². The molecule has 16 heavy (non-hydrogen) atoms. The van der Waals surface area contributed by atoms with Crippen LogP contribution in [0, 0.1) is 10.8 Å². The average Bonchev–Trinajstić information content (AvgIpc) is 2.12. The Morgan fingerprint density at radius 1 is 1.19 bits per heavy atom. The molecule has 1 fully saturated rings. The van der Waals surface area contributed by atoms with Crippen LogP contribution >= 0.6 is 0 Å². The van der Waals surface area contributed by atoms with Crippen LogP contribution in [0.1, 0.15) is 40.0 Å². The Morgan fingerprint density at radius 3 is 2.44 bits per heavy atom. The molecule has 1 rings (SSSR count). The lowest BCUT2D eigenvalue weighted by Gasteiger charge is -2.44. The molecule has 0 saturated heterocycles. The van der Waals surface area contributed by atoms with Gasteiger partial charge in [-0.2, -0.15) is 0 Å². The Bertz CT molecular complexity index is 352. The van der Waals surface area contributed by atoms with Crippen molar-refractivity contribution in [2.24, 2.45) is 20.8 Å². The standard InChI is InChI=1S/C12H18N2O2/c1-11(2)4-10(14-9-16)5-12(3,6-11)7-13-8-15/h10H,4-7H2,1-3H3/t10?,12-/m1/s1. The second kappa shape index (κ2) is 4.73. The minimum absolute atomic E-state index is 0.00750. The lowest BCUT2D eigenvalue weighted by Crippen LogP contribution is -2.39. The molecule has 0 aromatic rings. The van der Waals surface area contributed by atoms with Crippen LogP contribution in [-0.4, -0.2) is 24.7 Å². The number of rotatable bonds is 3. The molecule has 0 N–H and O–H groups in total. The molecule has 1 aliphatic carbocycles. The molecule has 0 heterocycles. The van der Waals surface area contributed by atoms with E-state index < -0.39 is 0 Å². The number of hydrogen-bond acceptors (Lipinski definition) is 4. The lowest BCUT2D eigenvalue weighted by atomic mass is 9.63. The van der Waals surface area contributed by atoms with Crippen molar-refractivity contribution in [3.63, 3.8) is 0 Å². The van der Waals surface area contributed by atoms with Gasteiger partial charge >= 0.3 is 0 Å². The van der Waals surface area contributed by atoms with Gasteiger partial charge in [-0.05, 0) is 30.1 Å². The van der Waals surface area contributed by atoms with Gasteiger partial charge in [-0.1, -0.05) is 20.8 Å². The topological polar surface area (TPSA) is 58.9 Å². The summed E-state index contributed by atoms with van der Waals surface area (Å²) in [5.74, 6) is 0. The first-order valence-electron chi connectivity index (χ1n) is 5.51. The Labute approximate surface area is 95.9 Å². The van der Waals surface area contributed by atoms with Gasteiger partial charge in [-0.15, -0.1) is 0 Å². The van der Waals surface area contributed by atoms with E-state index >= 15 is 0 Å². The van der Waals surface area contributed by atoms with E-state index in [1.54, 1.807) is 12.2 Å². The van der Waals surface area contributed by atoms with Gasteiger partial charge in [-0.25, -0.2) is 19.6 Å². The number of carbonyl (C=O) groups excluding carboxylic acids is 2. The minimum Gasteiger partial charge on any atom is -0.211 e. The van der Waals surface area contributed by atoms with Gasteiger partial charge in [0.05, 0.1) is 12.6 Å². The molecule has 0 radical (unpaired) electrons. The molecule has 1 unspecified atom stereocenters. The minimum atomic E-state index is -0.0653. The number of nitrogens with zero attached hydrogens (tertiary/aromatic N) is 2. The zero-order chi connectivity index (χ0) is 12.2. The van der Waals surface area contributed by atoms with Crippen LogP contribution in [0.25, 0.3) is 0 Å². The van der Waals surface area contributed by atoms with Crippen LogP contribution in [0.3, 0.4) is 0 Å². The summed E-state index contributed by atoms with van der Waals surface area (Å²) in [5.41, 5.74) is 0.0561. The zero-order valence-corrected chi connectivity index (χ0v) is 10.1. The zero-order valence-electron chi connectivity index (χ0n) is 10.1. The summed E-state index contributed by atoms with van der Waals surface area (Å²) >= 11 is 0. The highest BCUT2D eigenvalue weighted by Crippen LogP contribution is 2.47. The van der Waals surface area contributed by atoms with Crippen molar-refractivity contribution in [1.29, 1.82) is 0 Å². The van der Waals surface area contributed by atoms with E-state index in [1.807, 2.05) is 0 Å². The Balaban J connectivity index is 2.85. The van der Waals surface area contributed by atoms with E-state index in [2.05, 4.69) is 30.8 Å². The summed E-state index contributed by atoms with van der Waals surface area (Å²) < 4.78 is 0.